The average molecular weight is 499 g/mol. The number of aliphatic hydroxyl groups is 1. The van der Waals surface area contributed by atoms with Gasteiger partial charge >= 0.3 is 0 Å². The molecule has 4 aromatic rings. The second kappa shape index (κ2) is 8.30. The molecule has 2 heterocycles. The largest absolute Gasteiger partial charge is 0.507 e. The third-order valence-electron chi connectivity index (χ3n) is 5.87. The fraction of sp³-hybridized carbons (Fsp3) is 0.0741. The zero-order valence-corrected chi connectivity index (χ0v) is 19.3. The predicted octanol–water partition coefficient (Wildman–Crippen LogP) is 5.93. The zero-order chi connectivity index (χ0) is 23.1. The van der Waals surface area contributed by atoms with Gasteiger partial charge in [-0.1, -0.05) is 64.5 Å². The maximum atomic E-state index is 13.4. The first-order valence-corrected chi connectivity index (χ1v) is 11.2. The van der Waals surface area contributed by atoms with Gasteiger partial charge < -0.3 is 5.11 Å². The first-order valence-electron chi connectivity index (χ1n) is 10.4. The van der Waals surface area contributed by atoms with Gasteiger partial charge in [-0.15, -0.1) is 0 Å². The molecule has 162 valence electrons. The molecule has 33 heavy (non-hydrogen) atoms. The summed E-state index contributed by atoms with van der Waals surface area (Å²) in [5, 5.41) is 13.1. The molecular weight excluding hydrogens is 480 g/mol. The van der Waals surface area contributed by atoms with E-state index in [1.165, 1.54) is 4.90 Å². The number of benzene rings is 3. The molecule has 1 saturated heterocycles. The Morgan fingerprint density at radius 3 is 2.48 bits per heavy atom. The van der Waals surface area contributed by atoms with Crippen LogP contribution in [0.15, 0.2) is 95.1 Å². The number of nitrogens with zero attached hydrogens (tertiary/aromatic N) is 2. The number of aryl methyl sites for hydroxylation is 1. The molecule has 6 heteroatoms. The molecule has 1 aliphatic heterocycles. The number of Topliss-reactive ketones (excluding diaryl/α,β-unsaturated/α-hetero) is 1. The Bertz CT molecular complexity index is 1440. The van der Waals surface area contributed by atoms with Crippen LogP contribution in [0.5, 0.6) is 0 Å². The molecule has 1 unspecified atom stereocenters. The molecule has 5 nitrogen and oxygen atoms in total. The lowest BCUT2D eigenvalue weighted by molar-refractivity contribution is -0.132. The summed E-state index contributed by atoms with van der Waals surface area (Å²) in [6.45, 7) is 1.89. The first-order chi connectivity index (χ1) is 16.0. The highest BCUT2D eigenvalue weighted by molar-refractivity contribution is 9.10. The van der Waals surface area contributed by atoms with Crippen molar-refractivity contribution in [3.63, 3.8) is 0 Å². The lowest BCUT2D eigenvalue weighted by Gasteiger charge is -2.25. The number of aliphatic hydroxyl groups excluding tert-OH is 1. The van der Waals surface area contributed by atoms with E-state index in [4.69, 9.17) is 0 Å². The quantitative estimate of drug-likeness (QED) is 0.216. The van der Waals surface area contributed by atoms with Crippen molar-refractivity contribution in [1.82, 2.24) is 4.98 Å². The lowest BCUT2D eigenvalue weighted by atomic mass is 9.97. The van der Waals surface area contributed by atoms with Crippen molar-refractivity contribution < 1.29 is 14.7 Å². The van der Waals surface area contributed by atoms with Gasteiger partial charge in [0.2, 0.25) is 0 Å². The van der Waals surface area contributed by atoms with Crippen LogP contribution in [0.1, 0.15) is 22.9 Å². The van der Waals surface area contributed by atoms with E-state index in [1.54, 1.807) is 42.6 Å². The third kappa shape index (κ3) is 3.52. The summed E-state index contributed by atoms with van der Waals surface area (Å²) >= 11 is 3.46. The summed E-state index contributed by atoms with van der Waals surface area (Å²) < 4.78 is 0.886. The van der Waals surface area contributed by atoms with Gasteiger partial charge in [0.05, 0.1) is 17.0 Å². The van der Waals surface area contributed by atoms with Crippen LogP contribution in [0.2, 0.25) is 0 Å². The summed E-state index contributed by atoms with van der Waals surface area (Å²) in [6.07, 6.45) is 1.61. The van der Waals surface area contributed by atoms with Crippen molar-refractivity contribution in [1.29, 1.82) is 0 Å². The Labute approximate surface area is 199 Å². The Hall–Kier alpha value is -3.77. The van der Waals surface area contributed by atoms with Crippen LogP contribution in [0.25, 0.3) is 16.5 Å². The number of hydrogen-bond donors (Lipinski definition) is 1. The van der Waals surface area contributed by atoms with Crippen molar-refractivity contribution in [2.45, 2.75) is 13.0 Å². The van der Waals surface area contributed by atoms with Gasteiger partial charge in [0.15, 0.2) is 0 Å². The maximum Gasteiger partial charge on any atom is 0.300 e. The van der Waals surface area contributed by atoms with Crippen molar-refractivity contribution >= 4 is 49.8 Å². The minimum Gasteiger partial charge on any atom is -0.507 e. The number of pyridine rings is 1. The summed E-state index contributed by atoms with van der Waals surface area (Å²) in [7, 11) is 0. The van der Waals surface area contributed by atoms with Crippen LogP contribution in [0, 0.1) is 6.92 Å². The van der Waals surface area contributed by atoms with Crippen LogP contribution in [0.4, 0.5) is 5.69 Å². The van der Waals surface area contributed by atoms with Gasteiger partial charge in [0.25, 0.3) is 11.7 Å². The molecular formula is C27H19BrN2O3. The van der Waals surface area contributed by atoms with E-state index < -0.39 is 17.7 Å². The molecule has 1 atom stereocenters. The molecule has 0 spiro atoms. The predicted molar refractivity (Wildman–Crippen MR) is 132 cm³/mol. The number of carbonyl (C=O) groups is 2. The monoisotopic (exact) mass is 498 g/mol. The van der Waals surface area contributed by atoms with Crippen LogP contribution in [-0.2, 0) is 9.59 Å². The molecule has 3 aromatic carbocycles. The SMILES string of the molecule is Cc1cc(/C(O)=C2\C(=O)C(=O)N(c3cccc4ccccc34)C2c2ccccn2)ccc1Br. The van der Waals surface area contributed by atoms with Gasteiger partial charge in [-0.2, -0.15) is 0 Å². The van der Waals surface area contributed by atoms with Crippen molar-refractivity contribution in [3.8, 4) is 0 Å². The minimum absolute atomic E-state index is 0.0216. The van der Waals surface area contributed by atoms with Crippen LogP contribution in [-0.4, -0.2) is 21.8 Å². The van der Waals surface area contributed by atoms with E-state index in [2.05, 4.69) is 20.9 Å². The standard InChI is InChI=1S/C27H19BrN2O3/c1-16-15-18(12-13-20(16)28)25(31)23-24(21-10-4-5-14-29-21)30(27(33)26(23)32)22-11-6-8-17-7-2-3-9-19(17)22/h2-15,24,31H,1H3/b25-23+. The average Bonchev–Trinajstić information content (AvgIpc) is 3.11. The highest BCUT2D eigenvalue weighted by atomic mass is 79.9. The number of anilines is 1. The minimum atomic E-state index is -0.860. The number of ketones is 1. The molecule has 1 aromatic heterocycles. The first kappa shape index (κ1) is 21.1. The fourth-order valence-corrected chi connectivity index (χ4v) is 4.51. The molecule has 1 aliphatic rings. The van der Waals surface area contributed by atoms with E-state index in [0.717, 1.165) is 20.8 Å². The van der Waals surface area contributed by atoms with Gasteiger partial charge in [0, 0.05) is 21.6 Å². The molecule has 5 rings (SSSR count). The topological polar surface area (TPSA) is 70.5 Å². The van der Waals surface area contributed by atoms with Gasteiger partial charge in [-0.25, -0.2) is 0 Å². The molecule has 0 aliphatic carbocycles. The fourth-order valence-electron chi connectivity index (χ4n) is 4.26. The number of hydrogen-bond acceptors (Lipinski definition) is 4. The number of fused-ring (bicyclic) bond motifs is 1. The molecule has 1 amide bonds. The van der Waals surface area contributed by atoms with Crippen molar-refractivity contribution in [2.75, 3.05) is 4.90 Å². The van der Waals surface area contributed by atoms with Crippen LogP contribution < -0.4 is 4.90 Å². The van der Waals surface area contributed by atoms with Gasteiger partial charge in [-0.05, 0) is 48.2 Å². The van der Waals surface area contributed by atoms with Crippen molar-refractivity contribution in [2.24, 2.45) is 0 Å². The highest BCUT2D eigenvalue weighted by Crippen LogP contribution is 2.43. The molecule has 0 radical (unpaired) electrons. The molecule has 1 fully saturated rings. The summed E-state index contributed by atoms with van der Waals surface area (Å²) in [5.41, 5.74) is 2.48. The van der Waals surface area contributed by atoms with Gasteiger partial charge in [0.1, 0.15) is 11.8 Å². The molecule has 1 N–H and O–H groups in total. The van der Waals surface area contributed by atoms with E-state index >= 15 is 0 Å². The highest BCUT2D eigenvalue weighted by Gasteiger charge is 2.48. The van der Waals surface area contributed by atoms with Gasteiger partial charge in [-0.3, -0.25) is 19.5 Å². The number of amides is 1. The molecule has 0 saturated carbocycles. The second-order valence-electron chi connectivity index (χ2n) is 7.89. The summed E-state index contributed by atoms with van der Waals surface area (Å²) in [5.74, 6) is -1.66. The summed E-state index contributed by atoms with van der Waals surface area (Å²) in [4.78, 5) is 32.6. The van der Waals surface area contributed by atoms with Crippen LogP contribution >= 0.6 is 15.9 Å². The Balaban J connectivity index is 1.78. The smallest absolute Gasteiger partial charge is 0.300 e. The normalized spacial score (nSPS) is 17.6. The number of rotatable bonds is 3. The Morgan fingerprint density at radius 1 is 0.970 bits per heavy atom. The van der Waals surface area contributed by atoms with E-state index in [0.29, 0.717) is 16.9 Å². The van der Waals surface area contributed by atoms with E-state index in [9.17, 15) is 14.7 Å². The zero-order valence-electron chi connectivity index (χ0n) is 17.7. The molecule has 0 bridgehead atoms. The number of halogens is 1. The van der Waals surface area contributed by atoms with E-state index in [1.807, 2.05) is 49.4 Å². The Kier molecular flexibility index (Phi) is 5.30. The second-order valence-corrected chi connectivity index (χ2v) is 8.74. The number of aromatic nitrogens is 1. The van der Waals surface area contributed by atoms with E-state index in [-0.39, 0.29) is 11.3 Å². The third-order valence-corrected chi connectivity index (χ3v) is 6.76. The van der Waals surface area contributed by atoms with Crippen LogP contribution in [0.3, 0.4) is 0 Å². The maximum absolute atomic E-state index is 13.4. The van der Waals surface area contributed by atoms with Crippen molar-refractivity contribution in [3.05, 3.63) is 112 Å². The number of carbonyl (C=O) groups excluding carboxylic acids is 2. The lowest BCUT2D eigenvalue weighted by Crippen LogP contribution is -2.30. The Morgan fingerprint density at radius 2 is 1.73 bits per heavy atom. The summed E-state index contributed by atoms with van der Waals surface area (Å²) in [6, 6.07) is 23.1.